The minimum Gasteiger partial charge on any atom is -0.676 e. The summed E-state index contributed by atoms with van der Waals surface area (Å²) in [5.74, 6) is 0. The second-order valence-electron chi connectivity index (χ2n) is 2.55. The van der Waals surface area contributed by atoms with Gasteiger partial charge in [0, 0.05) is 31.4 Å². The van der Waals surface area contributed by atoms with Gasteiger partial charge in [0.2, 0.25) is 0 Å². The number of halogens is 1. The zero-order valence-electron chi connectivity index (χ0n) is 7.12. The van der Waals surface area contributed by atoms with Gasteiger partial charge in [0.05, 0.1) is 0 Å². The summed E-state index contributed by atoms with van der Waals surface area (Å²) in [6.45, 7) is 2.05. The van der Waals surface area contributed by atoms with Crippen LogP contribution in [0.25, 0.3) is 5.73 Å². The Labute approximate surface area is 101 Å². The number of nitrogens with one attached hydrogen (secondary N) is 2. The first kappa shape index (κ1) is 13.3. The van der Waals surface area contributed by atoms with Crippen LogP contribution in [0.1, 0.15) is 5.56 Å². The third-order valence-corrected chi connectivity index (χ3v) is 2.07. The van der Waals surface area contributed by atoms with Gasteiger partial charge in [-0.15, -0.1) is 6.54 Å². The fourth-order valence-corrected chi connectivity index (χ4v) is 1.19. The van der Waals surface area contributed by atoms with Gasteiger partial charge >= 0.3 is 0 Å². The maximum Gasteiger partial charge on any atom is 0.0204 e. The van der Waals surface area contributed by atoms with Gasteiger partial charge in [-0.3, -0.25) is 0 Å². The monoisotopic (exact) mass is 333 g/mol. The van der Waals surface area contributed by atoms with Crippen molar-refractivity contribution in [2.45, 2.75) is 6.54 Å². The molecule has 1 aromatic rings. The molecule has 0 aromatic heterocycles. The zero-order chi connectivity index (χ0) is 8.81. The Morgan fingerprint density at radius 1 is 1.23 bits per heavy atom. The van der Waals surface area contributed by atoms with Crippen molar-refractivity contribution in [3.05, 3.63) is 40.0 Å². The Morgan fingerprint density at radius 3 is 2.38 bits per heavy atom. The molecule has 2 nitrogen and oxygen atoms in total. The number of benzene rings is 1. The molecule has 0 aliphatic rings. The van der Waals surface area contributed by atoms with E-state index >= 15 is 0 Å². The van der Waals surface area contributed by atoms with Crippen molar-refractivity contribution in [2.75, 3.05) is 13.1 Å². The number of hydrogen-bond acceptors (Lipinski definition) is 1. The topological polar surface area (TPSA) is 35.8 Å². The quantitative estimate of drug-likeness (QED) is 0.667. The zero-order valence-corrected chi connectivity index (χ0v) is 10.3. The molecule has 4 heteroatoms. The van der Waals surface area contributed by atoms with Gasteiger partial charge < -0.3 is 11.1 Å². The van der Waals surface area contributed by atoms with Crippen LogP contribution in [0.4, 0.5) is 0 Å². The smallest absolute Gasteiger partial charge is 0.0204 e. The third kappa shape index (κ3) is 5.56. The van der Waals surface area contributed by atoms with E-state index in [-0.39, 0.29) is 20.4 Å². The largest absolute Gasteiger partial charge is 0.676 e. The molecular weight excluding hydrogens is 322 g/mol. The minimum absolute atomic E-state index is 0. The van der Waals surface area contributed by atoms with Crippen molar-refractivity contribution in [3.63, 3.8) is 0 Å². The Hall–Kier alpha value is 0.282. The Kier molecular flexibility index (Phi) is 7.83. The molecule has 0 aliphatic carbocycles. The predicted octanol–water partition coefficient (Wildman–Crippen LogP) is 2.59. The molecule has 0 fully saturated rings. The molecule has 0 heterocycles. The van der Waals surface area contributed by atoms with Crippen LogP contribution in [0, 0.1) is 0 Å². The third-order valence-electron chi connectivity index (χ3n) is 1.54. The minimum atomic E-state index is 0. The second-order valence-corrected chi connectivity index (χ2v) is 3.47. The van der Waals surface area contributed by atoms with Crippen LogP contribution in [-0.4, -0.2) is 13.1 Å². The van der Waals surface area contributed by atoms with Crippen LogP contribution in [0.2, 0.25) is 0 Å². The van der Waals surface area contributed by atoms with Crippen LogP contribution in [-0.2, 0) is 27.0 Å². The second kappa shape index (κ2) is 7.66. The first-order valence-electron chi connectivity index (χ1n) is 3.92. The van der Waals surface area contributed by atoms with Crippen molar-refractivity contribution in [1.82, 2.24) is 5.32 Å². The van der Waals surface area contributed by atoms with E-state index in [1.54, 1.807) is 0 Å². The van der Waals surface area contributed by atoms with Gasteiger partial charge in [-0.05, 0) is 24.2 Å². The molecule has 0 bridgehead atoms. The Bertz CT molecular complexity index is 226. The molecule has 0 amide bonds. The van der Waals surface area contributed by atoms with Crippen molar-refractivity contribution >= 4 is 15.9 Å². The summed E-state index contributed by atoms with van der Waals surface area (Å²) in [6.07, 6.45) is 0. The van der Waals surface area contributed by atoms with Gasteiger partial charge in [0.1, 0.15) is 0 Å². The average Bonchev–Trinajstić information content (AvgIpc) is 2.09. The predicted molar refractivity (Wildman–Crippen MR) is 55.0 cm³/mol. The molecule has 0 saturated heterocycles. The molecule has 1 rings (SSSR count). The van der Waals surface area contributed by atoms with Crippen LogP contribution >= 0.6 is 15.9 Å². The summed E-state index contributed by atoms with van der Waals surface area (Å²) in [6, 6.07) is 8.19. The molecule has 0 spiro atoms. The molecule has 0 saturated carbocycles. The summed E-state index contributed by atoms with van der Waals surface area (Å²) in [5, 5.41) is 3.17. The van der Waals surface area contributed by atoms with E-state index in [0.717, 1.165) is 17.6 Å². The molecule has 1 aromatic carbocycles. The van der Waals surface area contributed by atoms with Gasteiger partial charge in [-0.25, -0.2) is 0 Å². The molecule has 2 N–H and O–H groups in total. The van der Waals surface area contributed by atoms with Crippen molar-refractivity contribution < 1.29 is 20.4 Å². The summed E-state index contributed by atoms with van der Waals surface area (Å²) < 4.78 is 1.10. The molecule has 76 valence electrons. The van der Waals surface area contributed by atoms with Crippen LogP contribution < -0.4 is 5.32 Å². The van der Waals surface area contributed by atoms with Gasteiger partial charge in [-0.2, -0.15) is 0 Å². The fourth-order valence-electron chi connectivity index (χ4n) is 0.923. The van der Waals surface area contributed by atoms with Gasteiger partial charge in [0.25, 0.3) is 0 Å². The van der Waals surface area contributed by atoms with Crippen LogP contribution in [0.5, 0.6) is 0 Å². The first-order chi connectivity index (χ1) is 5.83. The van der Waals surface area contributed by atoms with Crippen LogP contribution in [0.3, 0.4) is 0 Å². The van der Waals surface area contributed by atoms with Crippen molar-refractivity contribution in [1.29, 1.82) is 0 Å². The first-order valence-corrected chi connectivity index (χ1v) is 4.72. The number of rotatable bonds is 4. The SMILES string of the molecule is [NH-]CCNCc1ccc(Br)cc1.[Pd]. The van der Waals surface area contributed by atoms with Crippen LogP contribution in [0.15, 0.2) is 28.7 Å². The summed E-state index contributed by atoms with van der Waals surface area (Å²) in [7, 11) is 0. The maximum absolute atomic E-state index is 6.93. The molecule has 13 heavy (non-hydrogen) atoms. The number of hydrogen-bond donors (Lipinski definition) is 1. The van der Waals surface area contributed by atoms with E-state index in [0.29, 0.717) is 6.54 Å². The van der Waals surface area contributed by atoms with E-state index in [1.807, 2.05) is 12.1 Å². The van der Waals surface area contributed by atoms with Crippen molar-refractivity contribution in [2.24, 2.45) is 0 Å². The molecule has 0 aliphatic heterocycles. The molecular formula is C9H12BrN2Pd-. The standard InChI is InChI=1S/C9H12BrN2.Pd/c10-9-3-1-8(2-4-9)7-12-6-5-11;/h1-4,11-12H,5-7H2;/q-1;. The van der Waals surface area contributed by atoms with Gasteiger partial charge in [-0.1, -0.05) is 28.1 Å². The fraction of sp³-hybridized carbons (Fsp3) is 0.333. The Morgan fingerprint density at radius 2 is 1.85 bits per heavy atom. The summed E-state index contributed by atoms with van der Waals surface area (Å²) >= 11 is 3.38. The van der Waals surface area contributed by atoms with E-state index < -0.39 is 0 Å². The van der Waals surface area contributed by atoms with Crippen molar-refractivity contribution in [3.8, 4) is 0 Å². The van der Waals surface area contributed by atoms with E-state index in [9.17, 15) is 0 Å². The summed E-state index contributed by atoms with van der Waals surface area (Å²) in [5.41, 5.74) is 8.19. The Balaban J connectivity index is 0.00000144. The maximum atomic E-state index is 6.93. The summed E-state index contributed by atoms with van der Waals surface area (Å²) in [4.78, 5) is 0. The molecule has 0 atom stereocenters. The molecule has 0 unspecified atom stereocenters. The van der Waals surface area contributed by atoms with E-state index in [4.69, 9.17) is 5.73 Å². The molecule has 0 radical (unpaired) electrons. The normalized spacial score (nSPS) is 9.38. The van der Waals surface area contributed by atoms with E-state index in [2.05, 4.69) is 33.4 Å². The van der Waals surface area contributed by atoms with Gasteiger partial charge in [0.15, 0.2) is 0 Å². The van der Waals surface area contributed by atoms with E-state index in [1.165, 1.54) is 5.56 Å². The average molecular weight is 335 g/mol.